The van der Waals surface area contributed by atoms with E-state index in [4.69, 9.17) is 11.6 Å². The summed E-state index contributed by atoms with van der Waals surface area (Å²) in [6.45, 7) is 7.26. The number of halogens is 1. The predicted molar refractivity (Wildman–Crippen MR) is 71.4 cm³/mol. The Kier molecular flexibility index (Phi) is 5.91. The number of aromatic nitrogens is 2. The first-order chi connectivity index (χ1) is 7.67. The summed E-state index contributed by atoms with van der Waals surface area (Å²) >= 11 is 7.75. The highest BCUT2D eigenvalue weighted by Gasteiger charge is 2.07. The molecule has 0 aliphatic heterocycles. The van der Waals surface area contributed by atoms with Crippen molar-refractivity contribution in [2.75, 3.05) is 17.6 Å². The van der Waals surface area contributed by atoms with E-state index in [0.717, 1.165) is 17.3 Å². The maximum atomic E-state index is 6.05. The van der Waals surface area contributed by atoms with Crippen LogP contribution in [-0.4, -0.2) is 22.3 Å². The van der Waals surface area contributed by atoms with Gasteiger partial charge in [-0.2, -0.15) is 0 Å². The summed E-state index contributed by atoms with van der Waals surface area (Å²) in [6.07, 6.45) is 2.83. The van der Waals surface area contributed by atoms with Crippen LogP contribution < -0.4 is 5.32 Å². The molecule has 90 valence electrons. The van der Waals surface area contributed by atoms with E-state index in [0.29, 0.717) is 16.9 Å². The number of thioether (sulfide) groups is 1. The molecule has 0 saturated heterocycles. The molecular weight excluding hydrogens is 242 g/mol. The van der Waals surface area contributed by atoms with Crippen LogP contribution in [0.2, 0.25) is 5.02 Å². The van der Waals surface area contributed by atoms with Gasteiger partial charge in [0.15, 0.2) is 0 Å². The van der Waals surface area contributed by atoms with Crippen molar-refractivity contribution in [3.05, 3.63) is 11.2 Å². The molecule has 5 heteroatoms. The number of rotatable bonds is 6. The molecule has 1 aromatic rings. The molecule has 0 saturated carbocycles. The van der Waals surface area contributed by atoms with Crippen LogP contribution in [0.3, 0.4) is 0 Å². The highest BCUT2D eigenvalue weighted by Crippen LogP contribution is 2.27. The number of anilines is 1. The lowest BCUT2D eigenvalue weighted by atomic mass is 10.2. The van der Waals surface area contributed by atoms with Gasteiger partial charge in [0.25, 0.3) is 0 Å². The van der Waals surface area contributed by atoms with Crippen molar-refractivity contribution < 1.29 is 0 Å². The third kappa shape index (κ3) is 4.18. The minimum absolute atomic E-state index is 0.634. The Balaban J connectivity index is 2.66. The zero-order valence-electron chi connectivity index (χ0n) is 9.96. The first kappa shape index (κ1) is 13.6. The summed E-state index contributed by atoms with van der Waals surface area (Å²) < 4.78 is 0. The predicted octanol–water partition coefficient (Wildman–Crippen LogP) is 3.70. The fourth-order valence-electron chi connectivity index (χ4n) is 1.04. The summed E-state index contributed by atoms with van der Waals surface area (Å²) in [5, 5.41) is 4.59. The van der Waals surface area contributed by atoms with Gasteiger partial charge in [-0.05, 0) is 12.8 Å². The van der Waals surface area contributed by atoms with Gasteiger partial charge in [0.1, 0.15) is 5.03 Å². The summed E-state index contributed by atoms with van der Waals surface area (Å²) in [6, 6.07) is 0. The molecule has 0 radical (unpaired) electrons. The first-order valence-corrected chi connectivity index (χ1v) is 6.92. The lowest BCUT2D eigenvalue weighted by Gasteiger charge is -2.09. The Morgan fingerprint density at radius 2 is 2.25 bits per heavy atom. The Morgan fingerprint density at radius 1 is 1.50 bits per heavy atom. The SMILES string of the molecule is CCNc1ncc(Cl)c(SCC(C)CC)n1. The van der Waals surface area contributed by atoms with Gasteiger partial charge in [0.2, 0.25) is 5.95 Å². The number of hydrogen-bond donors (Lipinski definition) is 1. The third-order valence-corrected chi connectivity index (χ3v) is 3.96. The van der Waals surface area contributed by atoms with Crippen molar-refractivity contribution in [3.63, 3.8) is 0 Å². The van der Waals surface area contributed by atoms with Crippen LogP contribution in [0.5, 0.6) is 0 Å². The quantitative estimate of drug-likeness (QED) is 0.624. The van der Waals surface area contributed by atoms with Crippen molar-refractivity contribution in [1.82, 2.24) is 9.97 Å². The molecule has 0 aliphatic carbocycles. The van der Waals surface area contributed by atoms with Gasteiger partial charge >= 0.3 is 0 Å². The number of nitrogens with zero attached hydrogens (tertiary/aromatic N) is 2. The van der Waals surface area contributed by atoms with Crippen LogP contribution in [0.25, 0.3) is 0 Å². The smallest absolute Gasteiger partial charge is 0.223 e. The highest BCUT2D eigenvalue weighted by atomic mass is 35.5. The normalized spacial score (nSPS) is 12.5. The Bertz CT molecular complexity index is 333. The van der Waals surface area contributed by atoms with Gasteiger partial charge in [-0.15, -0.1) is 11.8 Å². The molecule has 16 heavy (non-hydrogen) atoms. The summed E-state index contributed by atoms with van der Waals surface area (Å²) in [5.41, 5.74) is 0. The maximum Gasteiger partial charge on any atom is 0.223 e. The van der Waals surface area contributed by atoms with E-state index in [1.54, 1.807) is 18.0 Å². The summed E-state index contributed by atoms with van der Waals surface area (Å²) in [5.74, 6) is 2.37. The van der Waals surface area contributed by atoms with Crippen LogP contribution >= 0.6 is 23.4 Å². The Labute approximate surface area is 106 Å². The molecule has 0 amide bonds. The molecule has 0 aromatic carbocycles. The molecular formula is C11H18ClN3S. The molecule has 1 heterocycles. The summed E-state index contributed by atoms with van der Waals surface area (Å²) in [4.78, 5) is 8.49. The second-order valence-corrected chi connectivity index (χ2v) is 5.12. The molecule has 1 atom stereocenters. The lowest BCUT2D eigenvalue weighted by Crippen LogP contribution is -2.03. The van der Waals surface area contributed by atoms with E-state index in [1.165, 1.54) is 6.42 Å². The van der Waals surface area contributed by atoms with E-state index in [-0.39, 0.29) is 0 Å². The summed E-state index contributed by atoms with van der Waals surface area (Å²) in [7, 11) is 0. The fraction of sp³-hybridized carbons (Fsp3) is 0.636. The monoisotopic (exact) mass is 259 g/mol. The standard InChI is InChI=1S/C11H18ClN3S/c1-4-8(3)7-16-10-9(12)6-14-11(15-10)13-5-2/h6,8H,4-5,7H2,1-3H3,(H,13,14,15). The highest BCUT2D eigenvalue weighted by molar-refractivity contribution is 7.99. The molecule has 0 bridgehead atoms. The van der Waals surface area contributed by atoms with Gasteiger partial charge in [0, 0.05) is 12.3 Å². The lowest BCUT2D eigenvalue weighted by molar-refractivity contribution is 0.636. The molecule has 1 N–H and O–H groups in total. The fourth-order valence-corrected chi connectivity index (χ4v) is 2.31. The minimum Gasteiger partial charge on any atom is -0.354 e. The van der Waals surface area contributed by atoms with Crippen molar-refractivity contribution in [2.24, 2.45) is 5.92 Å². The average molecular weight is 260 g/mol. The first-order valence-electron chi connectivity index (χ1n) is 5.56. The van der Waals surface area contributed by atoms with E-state index in [1.807, 2.05) is 6.92 Å². The molecule has 0 fully saturated rings. The maximum absolute atomic E-state index is 6.05. The Hall–Kier alpha value is -0.480. The molecule has 1 aromatic heterocycles. The van der Waals surface area contributed by atoms with Crippen LogP contribution in [0, 0.1) is 5.92 Å². The number of nitrogens with one attached hydrogen (secondary N) is 1. The largest absolute Gasteiger partial charge is 0.354 e. The van der Waals surface area contributed by atoms with Crippen LogP contribution in [0.15, 0.2) is 11.2 Å². The van der Waals surface area contributed by atoms with Crippen molar-refractivity contribution >= 4 is 29.3 Å². The second kappa shape index (κ2) is 6.97. The van der Waals surface area contributed by atoms with Crippen molar-refractivity contribution in [2.45, 2.75) is 32.2 Å². The zero-order chi connectivity index (χ0) is 12.0. The van der Waals surface area contributed by atoms with Gasteiger partial charge in [-0.1, -0.05) is 31.9 Å². The molecule has 1 rings (SSSR count). The van der Waals surface area contributed by atoms with Gasteiger partial charge in [-0.3, -0.25) is 0 Å². The van der Waals surface area contributed by atoms with Gasteiger partial charge < -0.3 is 5.32 Å². The average Bonchev–Trinajstić information content (AvgIpc) is 2.29. The van der Waals surface area contributed by atoms with E-state index >= 15 is 0 Å². The van der Waals surface area contributed by atoms with Gasteiger partial charge in [-0.25, -0.2) is 9.97 Å². The van der Waals surface area contributed by atoms with E-state index < -0.39 is 0 Å². The minimum atomic E-state index is 0.634. The van der Waals surface area contributed by atoms with Gasteiger partial charge in [0.05, 0.1) is 11.2 Å². The third-order valence-electron chi connectivity index (χ3n) is 2.25. The zero-order valence-corrected chi connectivity index (χ0v) is 11.5. The van der Waals surface area contributed by atoms with Crippen LogP contribution in [-0.2, 0) is 0 Å². The topological polar surface area (TPSA) is 37.8 Å². The van der Waals surface area contributed by atoms with Crippen molar-refractivity contribution in [1.29, 1.82) is 0 Å². The van der Waals surface area contributed by atoms with Crippen LogP contribution in [0.4, 0.5) is 5.95 Å². The molecule has 3 nitrogen and oxygen atoms in total. The number of hydrogen-bond acceptors (Lipinski definition) is 4. The second-order valence-electron chi connectivity index (χ2n) is 3.70. The van der Waals surface area contributed by atoms with E-state index in [9.17, 15) is 0 Å². The molecule has 0 spiro atoms. The van der Waals surface area contributed by atoms with Crippen molar-refractivity contribution in [3.8, 4) is 0 Å². The molecule has 1 unspecified atom stereocenters. The molecule has 0 aliphatic rings. The Morgan fingerprint density at radius 3 is 2.88 bits per heavy atom. The van der Waals surface area contributed by atoms with E-state index in [2.05, 4.69) is 29.1 Å². The van der Waals surface area contributed by atoms with Crippen LogP contribution in [0.1, 0.15) is 27.2 Å².